The predicted molar refractivity (Wildman–Crippen MR) is 118 cm³/mol. The van der Waals surface area contributed by atoms with Crippen molar-refractivity contribution in [3.8, 4) is 11.5 Å². The molecule has 1 aromatic carbocycles. The Labute approximate surface area is 178 Å². The Morgan fingerprint density at radius 1 is 1.20 bits per heavy atom. The lowest BCUT2D eigenvalue weighted by atomic mass is 9.95. The van der Waals surface area contributed by atoms with Gasteiger partial charge in [-0.2, -0.15) is 0 Å². The summed E-state index contributed by atoms with van der Waals surface area (Å²) >= 11 is 1.33. The molecule has 0 unspecified atom stereocenters. The fourth-order valence-electron chi connectivity index (χ4n) is 4.07. The molecule has 2 heterocycles. The van der Waals surface area contributed by atoms with Crippen molar-refractivity contribution >= 4 is 33.1 Å². The molecule has 0 aliphatic heterocycles. The molecule has 1 fully saturated rings. The summed E-state index contributed by atoms with van der Waals surface area (Å²) in [7, 11) is 3.10. The highest BCUT2D eigenvalue weighted by Crippen LogP contribution is 2.33. The second-order valence-corrected chi connectivity index (χ2v) is 8.70. The number of fused-ring (bicyclic) bond motifs is 1. The number of nitrogens with zero attached hydrogens (tertiary/aromatic N) is 2. The summed E-state index contributed by atoms with van der Waals surface area (Å²) < 4.78 is 12.9. The zero-order valence-electron chi connectivity index (χ0n) is 17.4. The molecule has 1 amide bonds. The number of nitrogens with one attached hydrogen (secondary N) is 1. The summed E-state index contributed by atoms with van der Waals surface area (Å²) in [6, 6.07) is 5.39. The number of aromatic nitrogens is 2. The Kier molecular flexibility index (Phi) is 5.76. The second kappa shape index (κ2) is 8.47. The van der Waals surface area contributed by atoms with E-state index >= 15 is 0 Å². The average Bonchev–Trinajstić information content (AvgIpc) is 3.11. The minimum Gasteiger partial charge on any atom is -0.497 e. The first kappa shape index (κ1) is 20.4. The van der Waals surface area contributed by atoms with E-state index in [-0.39, 0.29) is 17.5 Å². The largest absolute Gasteiger partial charge is 0.497 e. The molecule has 2 aromatic heterocycles. The summed E-state index contributed by atoms with van der Waals surface area (Å²) in [5, 5.41) is 2.88. The molecule has 1 aliphatic carbocycles. The first-order valence-corrected chi connectivity index (χ1v) is 10.9. The van der Waals surface area contributed by atoms with Crippen molar-refractivity contribution in [2.24, 2.45) is 0 Å². The van der Waals surface area contributed by atoms with Gasteiger partial charge < -0.3 is 14.8 Å². The maximum absolute atomic E-state index is 13.1. The number of methoxy groups -OCH3 is 2. The molecule has 8 heteroatoms. The lowest BCUT2D eigenvalue weighted by molar-refractivity contribution is 0.102. The second-order valence-electron chi connectivity index (χ2n) is 7.48. The molecule has 0 spiro atoms. The molecule has 4 rings (SSSR count). The van der Waals surface area contributed by atoms with E-state index in [1.165, 1.54) is 24.9 Å². The predicted octanol–water partition coefficient (Wildman–Crippen LogP) is 4.54. The van der Waals surface area contributed by atoms with Gasteiger partial charge in [0.1, 0.15) is 21.7 Å². The first-order chi connectivity index (χ1) is 14.5. The third kappa shape index (κ3) is 3.67. The normalized spacial score (nSPS) is 14.6. The van der Waals surface area contributed by atoms with Gasteiger partial charge in [-0.3, -0.25) is 14.2 Å². The molecule has 1 aliphatic rings. The Hall–Kier alpha value is -2.87. The van der Waals surface area contributed by atoms with Crippen molar-refractivity contribution in [1.82, 2.24) is 9.55 Å². The average molecular weight is 428 g/mol. The quantitative estimate of drug-likeness (QED) is 0.646. The van der Waals surface area contributed by atoms with Crippen LogP contribution in [-0.2, 0) is 0 Å². The van der Waals surface area contributed by atoms with Gasteiger partial charge in [-0.25, -0.2) is 4.98 Å². The van der Waals surface area contributed by atoms with Crippen LogP contribution in [0.5, 0.6) is 11.5 Å². The number of carbonyl (C=O) groups excluding carboxylic acids is 1. The van der Waals surface area contributed by atoms with E-state index in [1.807, 2.05) is 6.92 Å². The Morgan fingerprint density at radius 2 is 1.97 bits per heavy atom. The van der Waals surface area contributed by atoms with Gasteiger partial charge in [0.15, 0.2) is 0 Å². The van der Waals surface area contributed by atoms with Crippen molar-refractivity contribution in [3.05, 3.63) is 45.3 Å². The van der Waals surface area contributed by atoms with Crippen LogP contribution in [0.3, 0.4) is 0 Å². The first-order valence-electron chi connectivity index (χ1n) is 10.1. The van der Waals surface area contributed by atoms with Crippen molar-refractivity contribution in [2.75, 3.05) is 19.5 Å². The van der Waals surface area contributed by atoms with Crippen LogP contribution in [0.4, 0.5) is 5.69 Å². The summed E-state index contributed by atoms with van der Waals surface area (Å²) in [4.78, 5) is 31.5. The highest BCUT2D eigenvalue weighted by molar-refractivity contribution is 7.19. The molecular formula is C22H25N3O4S. The minimum absolute atomic E-state index is 0.0574. The van der Waals surface area contributed by atoms with E-state index in [1.54, 1.807) is 36.2 Å². The van der Waals surface area contributed by atoms with Crippen molar-refractivity contribution in [1.29, 1.82) is 0 Å². The Bertz CT molecular complexity index is 1150. The summed E-state index contributed by atoms with van der Waals surface area (Å²) in [6.45, 7) is 1.84. The van der Waals surface area contributed by atoms with E-state index in [9.17, 15) is 9.59 Å². The van der Waals surface area contributed by atoms with Crippen molar-refractivity contribution in [3.63, 3.8) is 0 Å². The van der Waals surface area contributed by atoms with Gasteiger partial charge in [0.25, 0.3) is 11.5 Å². The molecular weight excluding hydrogens is 402 g/mol. The smallest absolute Gasteiger partial charge is 0.271 e. The van der Waals surface area contributed by atoms with E-state index < -0.39 is 0 Å². The number of ether oxygens (including phenoxy) is 2. The molecule has 0 radical (unpaired) electrons. The van der Waals surface area contributed by atoms with E-state index in [4.69, 9.17) is 9.47 Å². The minimum atomic E-state index is -0.326. The van der Waals surface area contributed by atoms with E-state index in [0.717, 1.165) is 30.6 Å². The lowest BCUT2D eigenvalue weighted by Crippen LogP contribution is -2.26. The summed E-state index contributed by atoms with van der Waals surface area (Å²) in [5.74, 6) is 0.799. The third-order valence-corrected chi connectivity index (χ3v) is 6.73. The Morgan fingerprint density at radius 3 is 2.67 bits per heavy atom. The zero-order valence-corrected chi connectivity index (χ0v) is 18.2. The molecule has 7 nitrogen and oxygen atoms in total. The number of rotatable bonds is 5. The van der Waals surface area contributed by atoms with Crippen molar-refractivity contribution < 1.29 is 14.3 Å². The standard InChI is InChI=1S/C22H25N3O4S/c1-13-18(21(26)24-16-11-15(28-2)9-10-17(16)29-3)19-20(30-13)22(27)25(12-23-19)14-7-5-4-6-8-14/h9-12,14H,4-8H2,1-3H3,(H,24,26). The number of amides is 1. The fraction of sp³-hybridized carbons (Fsp3) is 0.409. The lowest BCUT2D eigenvalue weighted by Gasteiger charge is -2.23. The van der Waals surface area contributed by atoms with E-state index in [2.05, 4.69) is 10.3 Å². The molecule has 1 N–H and O–H groups in total. The Balaban J connectivity index is 1.71. The molecule has 1 saturated carbocycles. The molecule has 30 heavy (non-hydrogen) atoms. The van der Waals surface area contributed by atoms with E-state index in [0.29, 0.717) is 33.0 Å². The molecule has 0 bridgehead atoms. The van der Waals surface area contributed by atoms with Crippen LogP contribution >= 0.6 is 11.3 Å². The van der Waals surface area contributed by atoms with Crippen molar-refractivity contribution in [2.45, 2.75) is 45.1 Å². The van der Waals surface area contributed by atoms with Crippen LogP contribution in [0.1, 0.15) is 53.4 Å². The zero-order chi connectivity index (χ0) is 21.3. The number of aryl methyl sites for hydroxylation is 1. The fourth-order valence-corrected chi connectivity index (χ4v) is 5.12. The van der Waals surface area contributed by atoms with Crippen LogP contribution in [0.2, 0.25) is 0 Å². The number of hydrogen-bond acceptors (Lipinski definition) is 6. The molecule has 0 atom stereocenters. The van der Waals surface area contributed by atoms with Gasteiger partial charge >= 0.3 is 0 Å². The maximum atomic E-state index is 13.1. The highest BCUT2D eigenvalue weighted by Gasteiger charge is 2.24. The van der Waals surface area contributed by atoms with Gasteiger partial charge in [-0.05, 0) is 31.9 Å². The van der Waals surface area contributed by atoms with Gasteiger partial charge in [0.2, 0.25) is 0 Å². The third-order valence-electron chi connectivity index (χ3n) is 5.65. The number of benzene rings is 1. The van der Waals surface area contributed by atoms with Crippen LogP contribution < -0.4 is 20.3 Å². The summed E-state index contributed by atoms with van der Waals surface area (Å²) in [6.07, 6.45) is 7.09. The van der Waals surface area contributed by atoms with Crippen LogP contribution in [0.25, 0.3) is 10.2 Å². The summed E-state index contributed by atoms with van der Waals surface area (Å²) in [5.41, 5.74) is 1.32. The van der Waals surface area contributed by atoms with Gasteiger partial charge in [-0.15, -0.1) is 11.3 Å². The number of thiophene rings is 1. The monoisotopic (exact) mass is 427 g/mol. The SMILES string of the molecule is COc1ccc(OC)c(NC(=O)c2c(C)sc3c(=O)n(C4CCCCC4)cnc23)c1. The van der Waals surface area contributed by atoms with Crippen LogP contribution in [0.15, 0.2) is 29.3 Å². The number of anilines is 1. The number of carbonyl (C=O) groups is 1. The topological polar surface area (TPSA) is 82.5 Å². The number of hydrogen-bond donors (Lipinski definition) is 1. The molecule has 3 aromatic rings. The van der Waals surface area contributed by atoms with Crippen LogP contribution in [0, 0.1) is 6.92 Å². The highest BCUT2D eigenvalue weighted by atomic mass is 32.1. The van der Waals surface area contributed by atoms with Gasteiger partial charge in [-0.1, -0.05) is 19.3 Å². The van der Waals surface area contributed by atoms with Gasteiger partial charge in [0, 0.05) is 17.0 Å². The van der Waals surface area contributed by atoms with Gasteiger partial charge in [0.05, 0.1) is 31.8 Å². The molecule has 158 valence electrons. The maximum Gasteiger partial charge on any atom is 0.271 e. The molecule has 0 saturated heterocycles. The van der Waals surface area contributed by atoms with Crippen LogP contribution in [-0.4, -0.2) is 29.7 Å².